The van der Waals surface area contributed by atoms with Crippen LogP contribution in [0.15, 0.2) is 48.5 Å². The zero-order valence-corrected chi connectivity index (χ0v) is 18.7. The third-order valence-electron chi connectivity index (χ3n) is 4.33. The summed E-state index contributed by atoms with van der Waals surface area (Å²) in [6.45, 7) is 6.06. The van der Waals surface area contributed by atoms with Gasteiger partial charge in [-0.25, -0.2) is 9.59 Å². The van der Waals surface area contributed by atoms with Crippen LogP contribution in [0.2, 0.25) is 0 Å². The van der Waals surface area contributed by atoms with Crippen molar-refractivity contribution < 1.29 is 28.5 Å². The van der Waals surface area contributed by atoms with Crippen LogP contribution < -0.4 is 29.6 Å². The van der Waals surface area contributed by atoms with E-state index in [1.165, 1.54) is 0 Å². The number of hydrogen-bond acceptors (Lipinski definition) is 6. The Morgan fingerprint density at radius 2 is 0.938 bits per heavy atom. The van der Waals surface area contributed by atoms with Gasteiger partial charge in [0.1, 0.15) is 23.0 Å². The number of nitrogens with one attached hydrogen (secondary N) is 2. The van der Waals surface area contributed by atoms with Gasteiger partial charge in [-0.3, -0.25) is 0 Å². The smallest absolute Gasteiger partial charge is 0.412 e. The van der Waals surface area contributed by atoms with Gasteiger partial charge in [0.05, 0.1) is 13.2 Å². The molecule has 0 unspecified atom stereocenters. The lowest BCUT2D eigenvalue weighted by atomic mass is 10.2. The zero-order valence-electron chi connectivity index (χ0n) is 18.7. The fourth-order valence-electron chi connectivity index (χ4n) is 2.81. The molecule has 32 heavy (non-hydrogen) atoms. The van der Waals surface area contributed by atoms with Gasteiger partial charge in [0.25, 0.3) is 0 Å². The summed E-state index contributed by atoms with van der Waals surface area (Å²) in [4.78, 5) is 23.6. The topological polar surface area (TPSA) is 95.1 Å². The lowest BCUT2D eigenvalue weighted by Gasteiger charge is -2.08. The van der Waals surface area contributed by atoms with Crippen LogP contribution in [-0.2, 0) is 0 Å². The average Bonchev–Trinajstić information content (AvgIpc) is 2.78. The number of amides is 2. The molecule has 2 N–H and O–H groups in total. The fourth-order valence-corrected chi connectivity index (χ4v) is 2.81. The van der Waals surface area contributed by atoms with E-state index in [9.17, 15) is 9.59 Å². The Labute approximate surface area is 189 Å². The summed E-state index contributed by atoms with van der Waals surface area (Å²) < 4.78 is 21.1. The summed E-state index contributed by atoms with van der Waals surface area (Å²) >= 11 is 0. The van der Waals surface area contributed by atoms with E-state index in [1.54, 1.807) is 48.5 Å². The number of hydrogen-bond donors (Lipinski definition) is 2. The minimum Gasteiger partial charge on any atom is -0.494 e. The summed E-state index contributed by atoms with van der Waals surface area (Å²) in [5.74, 6) is 2.40. The Bertz CT molecular complexity index is 739. The molecule has 8 nitrogen and oxygen atoms in total. The second-order valence-corrected chi connectivity index (χ2v) is 6.86. The lowest BCUT2D eigenvalue weighted by molar-refractivity contribution is 0.198. The molecule has 0 spiro atoms. The molecule has 0 saturated carbocycles. The van der Waals surface area contributed by atoms with E-state index in [1.807, 2.05) is 13.8 Å². The van der Waals surface area contributed by atoms with E-state index < -0.39 is 12.2 Å². The number of ether oxygens (including phenoxy) is 4. The molecule has 0 fully saturated rings. The van der Waals surface area contributed by atoms with Crippen LogP contribution in [0.5, 0.6) is 23.0 Å². The highest BCUT2D eigenvalue weighted by Gasteiger charge is 2.05. The molecule has 174 valence electrons. The Kier molecular flexibility index (Phi) is 11.3. The second-order valence-electron chi connectivity index (χ2n) is 6.86. The van der Waals surface area contributed by atoms with E-state index in [0.29, 0.717) is 37.8 Å². The number of carbonyl (C=O) groups excluding carboxylic acids is 2. The van der Waals surface area contributed by atoms with Crippen molar-refractivity contribution in [3.63, 3.8) is 0 Å². The molecular formula is C24H32N2O6. The van der Waals surface area contributed by atoms with Crippen LogP contribution in [0.3, 0.4) is 0 Å². The van der Waals surface area contributed by atoms with E-state index in [0.717, 1.165) is 37.2 Å². The molecule has 2 aromatic carbocycles. The van der Waals surface area contributed by atoms with Crippen molar-refractivity contribution in [2.75, 3.05) is 26.3 Å². The van der Waals surface area contributed by atoms with Gasteiger partial charge >= 0.3 is 12.2 Å². The molecule has 0 heterocycles. The molecular weight excluding hydrogens is 412 g/mol. The molecule has 0 aromatic heterocycles. The van der Waals surface area contributed by atoms with Gasteiger partial charge in [0, 0.05) is 13.1 Å². The SMILES string of the molecule is CCOc1ccc(OC(=O)NCCCCCCNC(=O)Oc2ccc(OCC)cc2)cc1. The Hall–Kier alpha value is -3.42. The van der Waals surface area contributed by atoms with E-state index >= 15 is 0 Å². The molecule has 8 heteroatoms. The van der Waals surface area contributed by atoms with Crippen molar-refractivity contribution in [2.45, 2.75) is 39.5 Å². The number of carbonyl (C=O) groups is 2. The summed E-state index contributed by atoms with van der Waals surface area (Å²) in [6, 6.07) is 13.8. The lowest BCUT2D eigenvalue weighted by Crippen LogP contribution is -2.28. The van der Waals surface area contributed by atoms with Crippen molar-refractivity contribution in [1.82, 2.24) is 10.6 Å². The molecule has 0 radical (unpaired) electrons. The average molecular weight is 445 g/mol. The van der Waals surface area contributed by atoms with E-state index in [2.05, 4.69) is 10.6 Å². The number of rotatable bonds is 13. The summed E-state index contributed by atoms with van der Waals surface area (Å²) in [5, 5.41) is 5.46. The Morgan fingerprint density at radius 3 is 1.28 bits per heavy atom. The molecule has 0 aliphatic heterocycles. The van der Waals surface area contributed by atoms with Crippen molar-refractivity contribution in [3.05, 3.63) is 48.5 Å². The molecule has 0 aliphatic rings. The first kappa shape index (κ1) is 24.8. The van der Waals surface area contributed by atoms with Gasteiger partial charge in [0.15, 0.2) is 0 Å². The minimum atomic E-state index is -0.479. The monoisotopic (exact) mass is 444 g/mol. The first-order valence-corrected chi connectivity index (χ1v) is 11.0. The zero-order chi connectivity index (χ0) is 23.0. The van der Waals surface area contributed by atoms with Gasteiger partial charge in [-0.2, -0.15) is 0 Å². The third kappa shape index (κ3) is 10.1. The molecule has 2 amide bonds. The van der Waals surface area contributed by atoms with Crippen LogP contribution >= 0.6 is 0 Å². The molecule has 0 aliphatic carbocycles. The van der Waals surface area contributed by atoms with Gasteiger partial charge in [-0.15, -0.1) is 0 Å². The quantitative estimate of drug-likeness (QED) is 0.426. The maximum atomic E-state index is 11.8. The summed E-state index contributed by atoms with van der Waals surface area (Å²) in [5.41, 5.74) is 0. The first-order valence-electron chi connectivity index (χ1n) is 11.0. The van der Waals surface area contributed by atoms with Crippen molar-refractivity contribution in [1.29, 1.82) is 0 Å². The van der Waals surface area contributed by atoms with Gasteiger partial charge in [-0.1, -0.05) is 12.8 Å². The Balaban J connectivity index is 1.47. The third-order valence-corrected chi connectivity index (χ3v) is 4.33. The van der Waals surface area contributed by atoms with E-state index in [4.69, 9.17) is 18.9 Å². The second kappa shape index (κ2) is 14.6. The van der Waals surface area contributed by atoms with Gasteiger partial charge < -0.3 is 29.6 Å². The number of unbranched alkanes of at least 4 members (excludes halogenated alkanes) is 3. The predicted molar refractivity (Wildman–Crippen MR) is 122 cm³/mol. The predicted octanol–water partition coefficient (Wildman–Crippen LogP) is 4.92. The van der Waals surface area contributed by atoms with Crippen LogP contribution in [0.4, 0.5) is 9.59 Å². The maximum absolute atomic E-state index is 11.8. The van der Waals surface area contributed by atoms with E-state index in [-0.39, 0.29) is 0 Å². The van der Waals surface area contributed by atoms with Crippen molar-refractivity contribution >= 4 is 12.2 Å². The highest BCUT2D eigenvalue weighted by molar-refractivity contribution is 5.70. The maximum Gasteiger partial charge on any atom is 0.412 e. The molecule has 0 saturated heterocycles. The largest absolute Gasteiger partial charge is 0.494 e. The molecule has 2 aromatic rings. The fraction of sp³-hybridized carbons (Fsp3) is 0.417. The highest BCUT2D eigenvalue weighted by atomic mass is 16.6. The van der Waals surface area contributed by atoms with Crippen molar-refractivity contribution in [3.8, 4) is 23.0 Å². The Morgan fingerprint density at radius 1 is 0.594 bits per heavy atom. The first-order chi connectivity index (χ1) is 15.6. The van der Waals surface area contributed by atoms with Gasteiger partial charge in [0.2, 0.25) is 0 Å². The normalized spacial score (nSPS) is 10.2. The van der Waals surface area contributed by atoms with Crippen LogP contribution in [0.25, 0.3) is 0 Å². The standard InChI is InChI=1S/C24H32N2O6/c1-3-29-19-9-13-21(14-10-19)31-23(27)25-17-7-5-6-8-18-26-24(28)32-22-15-11-20(12-16-22)30-4-2/h9-16H,3-8,17-18H2,1-2H3,(H,25,27)(H,26,28). The molecule has 2 rings (SSSR count). The van der Waals surface area contributed by atoms with Gasteiger partial charge in [-0.05, 0) is 75.2 Å². The minimum absolute atomic E-state index is 0.467. The highest BCUT2D eigenvalue weighted by Crippen LogP contribution is 2.18. The summed E-state index contributed by atoms with van der Waals surface area (Å²) in [7, 11) is 0. The molecule has 0 bridgehead atoms. The number of benzene rings is 2. The van der Waals surface area contributed by atoms with Crippen LogP contribution in [0.1, 0.15) is 39.5 Å². The summed E-state index contributed by atoms with van der Waals surface area (Å²) in [6.07, 6.45) is 2.56. The molecule has 0 atom stereocenters. The van der Waals surface area contributed by atoms with Crippen LogP contribution in [-0.4, -0.2) is 38.5 Å². The van der Waals surface area contributed by atoms with Crippen molar-refractivity contribution in [2.24, 2.45) is 0 Å². The van der Waals surface area contributed by atoms with Crippen LogP contribution in [0, 0.1) is 0 Å².